The Kier molecular flexibility index (Phi) is 7.74. The van der Waals surface area contributed by atoms with Crippen LogP contribution in [-0.2, 0) is 17.9 Å². The zero-order valence-electron chi connectivity index (χ0n) is 21.3. The molecule has 0 bridgehead atoms. The first-order valence-corrected chi connectivity index (χ1v) is 12.9. The summed E-state index contributed by atoms with van der Waals surface area (Å²) in [6.07, 6.45) is 0. The van der Waals surface area contributed by atoms with Gasteiger partial charge in [0.2, 0.25) is 0 Å². The molecule has 2 N–H and O–H groups in total. The van der Waals surface area contributed by atoms with Crippen molar-refractivity contribution in [2.24, 2.45) is 11.7 Å². The Morgan fingerprint density at radius 1 is 1.16 bits per heavy atom. The number of carbonyl (C=O) groups excluding carboxylic acids is 3. The second-order valence-corrected chi connectivity index (χ2v) is 10.4. The third-order valence-electron chi connectivity index (χ3n) is 6.55. The van der Waals surface area contributed by atoms with Crippen LogP contribution in [0.4, 0.5) is 15.0 Å². The average molecular weight is 527 g/mol. The maximum atomic E-state index is 16.1. The normalized spacial score (nSPS) is 17.7. The summed E-state index contributed by atoms with van der Waals surface area (Å²) in [7, 11) is 4.92. The molecule has 0 radical (unpaired) electrons. The number of urea groups is 1. The van der Waals surface area contributed by atoms with Gasteiger partial charge in [-0.05, 0) is 28.5 Å². The van der Waals surface area contributed by atoms with Crippen molar-refractivity contribution in [3.63, 3.8) is 0 Å². The van der Waals surface area contributed by atoms with Gasteiger partial charge in [-0.1, -0.05) is 31.2 Å². The molecular formula is C26H31FN6O3S. The largest absolute Gasteiger partial charge is 0.353 e. The number of anilines is 1. The van der Waals surface area contributed by atoms with E-state index in [4.69, 9.17) is 5.73 Å². The van der Waals surface area contributed by atoms with Crippen LogP contribution in [0.15, 0.2) is 41.1 Å². The van der Waals surface area contributed by atoms with E-state index >= 15 is 4.39 Å². The molecule has 2 amide bonds. The minimum absolute atomic E-state index is 0.0131. The van der Waals surface area contributed by atoms with Gasteiger partial charge in [-0.15, -0.1) is 0 Å². The molecule has 2 aromatic heterocycles. The molecule has 1 saturated heterocycles. The minimum atomic E-state index is -0.876. The van der Waals surface area contributed by atoms with Crippen molar-refractivity contribution in [3.8, 4) is 0 Å². The minimum Gasteiger partial charge on any atom is -0.353 e. The predicted molar refractivity (Wildman–Crippen MR) is 140 cm³/mol. The smallest absolute Gasteiger partial charge is 0.319 e. The number of amides is 2. The number of nitrogens with two attached hydrogens (primary N) is 1. The first-order chi connectivity index (χ1) is 17.6. The van der Waals surface area contributed by atoms with Crippen LogP contribution in [0, 0.1) is 11.7 Å². The maximum absolute atomic E-state index is 16.1. The van der Waals surface area contributed by atoms with Gasteiger partial charge in [0.15, 0.2) is 17.4 Å². The zero-order valence-corrected chi connectivity index (χ0v) is 22.2. The van der Waals surface area contributed by atoms with E-state index in [1.54, 1.807) is 49.8 Å². The molecule has 9 nitrogen and oxygen atoms in total. The summed E-state index contributed by atoms with van der Waals surface area (Å²) in [5, 5.41) is 7.83. The van der Waals surface area contributed by atoms with Crippen molar-refractivity contribution >= 4 is 34.9 Å². The highest BCUT2D eigenvalue weighted by molar-refractivity contribution is 7.08. The van der Waals surface area contributed by atoms with Crippen molar-refractivity contribution in [1.29, 1.82) is 0 Å². The number of carbonyl (C=O) groups is 3. The number of Topliss-reactive ketones (excluding diaryl/α,β-unsaturated/α-hetero) is 1. The van der Waals surface area contributed by atoms with Crippen LogP contribution in [0.1, 0.15) is 40.0 Å². The Hall–Kier alpha value is -3.57. The molecule has 3 heterocycles. The first-order valence-electron chi connectivity index (χ1n) is 12.0. The number of piperidine rings is 1. The number of benzene rings is 1. The van der Waals surface area contributed by atoms with Crippen molar-refractivity contribution in [3.05, 3.63) is 69.3 Å². The molecule has 4 rings (SSSR count). The maximum Gasteiger partial charge on any atom is 0.319 e. The summed E-state index contributed by atoms with van der Waals surface area (Å²) in [5.41, 5.74) is 7.87. The van der Waals surface area contributed by atoms with Gasteiger partial charge in [0.25, 0.3) is 5.91 Å². The summed E-state index contributed by atoms with van der Waals surface area (Å²) in [6.45, 7) is 2.65. The van der Waals surface area contributed by atoms with Crippen LogP contribution in [0.25, 0.3) is 0 Å². The van der Waals surface area contributed by atoms with Gasteiger partial charge in [0.1, 0.15) is 5.69 Å². The van der Waals surface area contributed by atoms with Crippen LogP contribution in [0.2, 0.25) is 0 Å². The second kappa shape index (κ2) is 10.8. The summed E-state index contributed by atoms with van der Waals surface area (Å²) in [6, 6.07) is 8.99. The Labute approximate surface area is 219 Å². The fourth-order valence-corrected chi connectivity index (χ4v) is 5.32. The molecular weight excluding hydrogens is 495 g/mol. The molecule has 0 aliphatic carbocycles. The van der Waals surface area contributed by atoms with Gasteiger partial charge in [-0.25, -0.2) is 9.18 Å². The lowest BCUT2D eigenvalue weighted by atomic mass is 9.83. The number of thiophene rings is 1. The first kappa shape index (κ1) is 26.5. The zero-order chi connectivity index (χ0) is 26.9. The summed E-state index contributed by atoms with van der Waals surface area (Å²) in [4.78, 5) is 43.5. The van der Waals surface area contributed by atoms with E-state index in [-0.39, 0.29) is 42.3 Å². The van der Waals surface area contributed by atoms with Crippen LogP contribution in [-0.4, -0.2) is 71.5 Å². The van der Waals surface area contributed by atoms with E-state index in [1.807, 2.05) is 24.3 Å². The van der Waals surface area contributed by atoms with Gasteiger partial charge >= 0.3 is 6.03 Å². The fourth-order valence-electron chi connectivity index (χ4n) is 4.69. The van der Waals surface area contributed by atoms with Crippen molar-refractivity contribution in [2.75, 3.05) is 39.1 Å². The number of nitrogens with zero attached hydrogens (tertiary/aromatic N) is 5. The van der Waals surface area contributed by atoms with E-state index in [0.29, 0.717) is 18.7 Å². The van der Waals surface area contributed by atoms with Crippen molar-refractivity contribution in [2.45, 2.75) is 25.9 Å². The lowest BCUT2D eigenvalue weighted by Crippen LogP contribution is -2.50. The Bertz CT molecular complexity index is 1290. The van der Waals surface area contributed by atoms with E-state index < -0.39 is 17.6 Å². The molecule has 1 aliphatic heterocycles. The standard InChI is InChI=1S/C26H31FN6O3S/c1-16-12-32(26(36)30(2)3)14-20(34)21(16)23-22(27)24(33(29-23)25(35)19-9-10-37-15-19)31(4)13-18-7-5-17(11-28)6-8-18/h5-10,15-16,21H,11-14,28H2,1-4H3. The van der Waals surface area contributed by atoms with Gasteiger partial charge in [0, 0.05) is 46.2 Å². The number of rotatable bonds is 6. The van der Waals surface area contributed by atoms with Crippen LogP contribution >= 0.6 is 11.3 Å². The third kappa shape index (κ3) is 5.28. The van der Waals surface area contributed by atoms with Crippen molar-refractivity contribution in [1.82, 2.24) is 19.6 Å². The molecule has 1 fully saturated rings. The lowest BCUT2D eigenvalue weighted by molar-refractivity contribution is -0.125. The Morgan fingerprint density at radius 3 is 2.41 bits per heavy atom. The second-order valence-electron chi connectivity index (χ2n) is 9.61. The van der Waals surface area contributed by atoms with E-state index in [9.17, 15) is 14.4 Å². The highest BCUT2D eigenvalue weighted by atomic mass is 32.1. The summed E-state index contributed by atoms with van der Waals surface area (Å²) in [5.74, 6) is -2.78. The molecule has 1 aromatic carbocycles. The van der Waals surface area contributed by atoms with E-state index in [2.05, 4.69) is 5.10 Å². The van der Waals surface area contributed by atoms with Crippen molar-refractivity contribution < 1.29 is 18.8 Å². The quantitative estimate of drug-likeness (QED) is 0.529. The topological polar surface area (TPSA) is 105 Å². The molecule has 196 valence electrons. The fraction of sp³-hybridized carbons (Fsp3) is 0.385. The number of halogens is 1. The highest BCUT2D eigenvalue weighted by Gasteiger charge is 2.41. The third-order valence-corrected chi connectivity index (χ3v) is 7.23. The van der Waals surface area contributed by atoms with Crippen LogP contribution in [0.5, 0.6) is 0 Å². The Morgan fingerprint density at radius 2 is 1.84 bits per heavy atom. The predicted octanol–water partition coefficient (Wildman–Crippen LogP) is 3.15. The molecule has 37 heavy (non-hydrogen) atoms. The summed E-state index contributed by atoms with van der Waals surface area (Å²) < 4.78 is 17.2. The molecule has 0 spiro atoms. The number of likely N-dealkylation sites (tertiary alicyclic amines) is 1. The number of hydrogen-bond acceptors (Lipinski definition) is 7. The van der Waals surface area contributed by atoms with Gasteiger partial charge in [0.05, 0.1) is 18.0 Å². The molecule has 2 atom stereocenters. The SMILES string of the molecule is CC1CN(C(=O)N(C)C)CC(=O)C1c1nn(C(=O)c2ccsc2)c(N(C)Cc2ccc(CN)cc2)c1F. The van der Waals surface area contributed by atoms with Crippen LogP contribution in [0.3, 0.4) is 0 Å². The molecule has 1 aliphatic rings. The highest BCUT2D eigenvalue weighted by Crippen LogP contribution is 2.35. The summed E-state index contributed by atoms with van der Waals surface area (Å²) >= 11 is 1.35. The number of hydrogen-bond donors (Lipinski definition) is 1. The van der Waals surface area contributed by atoms with Gasteiger partial charge in [-0.3, -0.25) is 9.59 Å². The molecule has 11 heteroatoms. The lowest BCUT2D eigenvalue weighted by Gasteiger charge is -2.36. The number of ketones is 1. The molecule has 3 aromatic rings. The molecule has 0 saturated carbocycles. The van der Waals surface area contributed by atoms with Gasteiger partial charge < -0.3 is 20.4 Å². The van der Waals surface area contributed by atoms with E-state index in [0.717, 1.165) is 15.8 Å². The van der Waals surface area contributed by atoms with E-state index in [1.165, 1.54) is 21.1 Å². The molecule has 2 unspecified atom stereocenters. The van der Waals surface area contributed by atoms with Gasteiger partial charge in [-0.2, -0.15) is 21.1 Å². The average Bonchev–Trinajstić information content (AvgIpc) is 3.52. The Balaban J connectivity index is 1.71. The van der Waals surface area contributed by atoms with Crippen LogP contribution < -0.4 is 10.6 Å². The monoisotopic (exact) mass is 526 g/mol. The number of aromatic nitrogens is 2.